The molecule has 1 aliphatic heterocycles. The monoisotopic (exact) mass is 363 g/mol. The molecule has 0 atom stereocenters. The van der Waals surface area contributed by atoms with Crippen LogP contribution in [-0.4, -0.2) is 42.0 Å². The van der Waals surface area contributed by atoms with Crippen molar-refractivity contribution in [3.05, 3.63) is 64.0 Å². The maximum atomic E-state index is 12.7. The van der Waals surface area contributed by atoms with Crippen LogP contribution in [-0.2, 0) is 28.8 Å². The summed E-state index contributed by atoms with van der Waals surface area (Å²) in [6.45, 7) is 2.99. The summed E-state index contributed by atoms with van der Waals surface area (Å²) in [5.41, 5.74) is 4.54. The number of hydrogen-bond donors (Lipinski definition) is 0. The molecular weight excluding hydrogens is 342 g/mol. The molecule has 0 saturated carbocycles. The van der Waals surface area contributed by atoms with E-state index in [1.807, 2.05) is 23.1 Å². The van der Waals surface area contributed by atoms with Crippen molar-refractivity contribution in [1.29, 1.82) is 5.26 Å². The Bertz CT molecular complexity index is 914. The number of pyridine rings is 1. The number of benzene rings is 1. The fourth-order valence-corrected chi connectivity index (χ4v) is 3.29. The number of ether oxygens (including phenoxy) is 1. The molecular formula is C21H21N3O3. The van der Waals surface area contributed by atoms with Crippen molar-refractivity contribution in [1.82, 2.24) is 9.88 Å². The Balaban J connectivity index is 1.71. The molecule has 0 bridgehead atoms. The molecule has 6 nitrogen and oxygen atoms in total. The number of aryl methyl sites for hydroxylation is 1. The van der Waals surface area contributed by atoms with Gasteiger partial charge in [0.15, 0.2) is 0 Å². The zero-order chi connectivity index (χ0) is 19.4. The molecule has 0 fully saturated rings. The van der Waals surface area contributed by atoms with Crippen LogP contribution < -0.4 is 0 Å². The molecule has 138 valence electrons. The van der Waals surface area contributed by atoms with Crippen LogP contribution >= 0.6 is 0 Å². The number of nitrogens with zero attached hydrogens (tertiary/aromatic N) is 3. The number of hydrogen-bond acceptors (Lipinski definition) is 5. The number of carbonyl (C=O) groups is 2. The van der Waals surface area contributed by atoms with Gasteiger partial charge in [0.05, 0.1) is 36.4 Å². The van der Waals surface area contributed by atoms with E-state index in [2.05, 4.69) is 11.1 Å². The fourth-order valence-electron chi connectivity index (χ4n) is 3.29. The third kappa shape index (κ3) is 4.14. The summed E-state index contributed by atoms with van der Waals surface area (Å²) in [6.07, 6.45) is 1.63. The largest absolute Gasteiger partial charge is 0.465 e. The molecule has 27 heavy (non-hydrogen) atoms. The molecule has 1 aromatic heterocycles. The van der Waals surface area contributed by atoms with Crippen molar-refractivity contribution in [2.24, 2.45) is 0 Å². The predicted molar refractivity (Wildman–Crippen MR) is 99.2 cm³/mol. The third-order valence-electron chi connectivity index (χ3n) is 4.85. The van der Waals surface area contributed by atoms with E-state index in [0.717, 1.165) is 16.8 Å². The van der Waals surface area contributed by atoms with Crippen molar-refractivity contribution in [2.75, 3.05) is 20.2 Å². The standard InChI is InChI=1S/C21H21N3O3/c1-14-18(21(26)27-2)12-17-7-9-24(10-8-19(17)23-14)20(25)11-15-3-5-16(13-22)6-4-15/h3-6,12H,7-11H2,1-2H3. The van der Waals surface area contributed by atoms with E-state index < -0.39 is 0 Å². The van der Waals surface area contributed by atoms with Gasteiger partial charge in [-0.05, 0) is 42.7 Å². The average molecular weight is 363 g/mol. The second-order valence-electron chi connectivity index (χ2n) is 6.59. The fraction of sp³-hybridized carbons (Fsp3) is 0.333. The first-order chi connectivity index (χ1) is 13.0. The minimum atomic E-state index is -0.388. The number of rotatable bonds is 3. The number of fused-ring (bicyclic) bond motifs is 1. The van der Waals surface area contributed by atoms with Crippen LogP contribution in [0.3, 0.4) is 0 Å². The topological polar surface area (TPSA) is 83.3 Å². The Kier molecular flexibility index (Phi) is 5.51. The van der Waals surface area contributed by atoms with Gasteiger partial charge in [-0.2, -0.15) is 5.26 Å². The highest BCUT2D eigenvalue weighted by Gasteiger charge is 2.22. The first-order valence-electron chi connectivity index (χ1n) is 8.86. The second-order valence-corrected chi connectivity index (χ2v) is 6.59. The lowest BCUT2D eigenvalue weighted by molar-refractivity contribution is -0.130. The first kappa shape index (κ1) is 18.6. The Morgan fingerprint density at radius 1 is 1.22 bits per heavy atom. The van der Waals surface area contributed by atoms with Crippen LogP contribution in [0.4, 0.5) is 0 Å². The molecule has 6 heteroatoms. The summed E-state index contributed by atoms with van der Waals surface area (Å²) in [5.74, 6) is -0.335. The molecule has 1 aromatic carbocycles. The number of methoxy groups -OCH3 is 1. The number of esters is 1. The van der Waals surface area contributed by atoms with Gasteiger partial charge in [-0.25, -0.2) is 4.79 Å². The number of nitriles is 1. The van der Waals surface area contributed by atoms with Crippen LogP contribution in [0, 0.1) is 18.3 Å². The summed E-state index contributed by atoms with van der Waals surface area (Å²) >= 11 is 0. The van der Waals surface area contributed by atoms with Crippen LogP contribution in [0.2, 0.25) is 0 Å². The Morgan fingerprint density at radius 2 is 1.93 bits per heavy atom. The molecule has 0 unspecified atom stereocenters. The van der Waals surface area contributed by atoms with E-state index in [1.54, 1.807) is 19.1 Å². The minimum absolute atomic E-state index is 0.0532. The van der Waals surface area contributed by atoms with Gasteiger partial charge in [0.25, 0.3) is 0 Å². The van der Waals surface area contributed by atoms with Gasteiger partial charge < -0.3 is 9.64 Å². The Morgan fingerprint density at radius 3 is 2.59 bits per heavy atom. The van der Waals surface area contributed by atoms with Gasteiger partial charge in [-0.3, -0.25) is 9.78 Å². The molecule has 2 aromatic rings. The quantitative estimate of drug-likeness (QED) is 0.781. The van der Waals surface area contributed by atoms with Crippen molar-refractivity contribution in [3.63, 3.8) is 0 Å². The van der Waals surface area contributed by atoms with E-state index >= 15 is 0 Å². The first-order valence-corrected chi connectivity index (χ1v) is 8.86. The van der Waals surface area contributed by atoms with E-state index in [4.69, 9.17) is 10.00 Å². The summed E-state index contributed by atoms with van der Waals surface area (Å²) < 4.78 is 4.82. The normalized spacial score (nSPS) is 13.3. The van der Waals surface area contributed by atoms with Gasteiger partial charge in [-0.15, -0.1) is 0 Å². The number of aromatic nitrogens is 1. The zero-order valence-electron chi connectivity index (χ0n) is 15.5. The molecule has 0 aliphatic carbocycles. The summed E-state index contributed by atoms with van der Waals surface area (Å²) in [4.78, 5) is 31.0. The number of amides is 1. The summed E-state index contributed by atoms with van der Waals surface area (Å²) in [5, 5.41) is 8.86. The minimum Gasteiger partial charge on any atom is -0.465 e. The number of carbonyl (C=O) groups excluding carboxylic acids is 2. The van der Waals surface area contributed by atoms with Gasteiger partial charge >= 0.3 is 5.97 Å². The van der Waals surface area contributed by atoms with Gasteiger partial charge in [0.2, 0.25) is 5.91 Å². The maximum absolute atomic E-state index is 12.7. The van der Waals surface area contributed by atoms with Crippen molar-refractivity contribution in [2.45, 2.75) is 26.2 Å². The molecule has 0 N–H and O–H groups in total. The van der Waals surface area contributed by atoms with Crippen molar-refractivity contribution in [3.8, 4) is 6.07 Å². The van der Waals surface area contributed by atoms with Gasteiger partial charge in [0.1, 0.15) is 0 Å². The highest BCUT2D eigenvalue weighted by atomic mass is 16.5. The lowest BCUT2D eigenvalue weighted by Crippen LogP contribution is -2.34. The smallest absolute Gasteiger partial charge is 0.339 e. The van der Waals surface area contributed by atoms with Crippen LogP contribution in [0.1, 0.15) is 38.4 Å². The molecule has 3 rings (SSSR count). The van der Waals surface area contributed by atoms with Crippen LogP contribution in [0.15, 0.2) is 30.3 Å². The predicted octanol–water partition coefficient (Wildman–Crippen LogP) is 2.22. The second kappa shape index (κ2) is 8.00. The zero-order valence-corrected chi connectivity index (χ0v) is 15.5. The maximum Gasteiger partial charge on any atom is 0.339 e. The molecule has 2 heterocycles. The average Bonchev–Trinajstić information content (AvgIpc) is 2.89. The third-order valence-corrected chi connectivity index (χ3v) is 4.85. The molecule has 1 amide bonds. The molecule has 0 radical (unpaired) electrons. The van der Waals surface area contributed by atoms with E-state index in [-0.39, 0.29) is 11.9 Å². The van der Waals surface area contributed by atoms with Crippen molar-refractivity contribution < 1.29 is 14.3 Å². The highest BCUT2D eigenvalue weighted by Crippen LogP contribution is 2.19. The van der Waals surface area contributed by atoms with E-state index in [0.29, 0.717) is 49.2 Å². The van der Waals surface area contributed by atoms with E-state index in [9.17, 15) is 9.59 Å². The van der Waals surface area contributed by atoms with Crippen LogP contribution in [0.5, 0.6) is 0 Å². The molecule has 1 aliphatic rings. The Labute approximate surface area is 158 Å². The Hall–Kier alpha value is -3.20. The van der Waals surface area contributed by atoms with Crippen LogP contribution in [0.25, 0.3) is 0 Å². The van der Waals surface area contributed by atoms with E-state index in [1.165, 1.54) is 7.11 Å². The highest BCUT2D eigenvalue weighted by molar-refractivity contribution is 5.90. The molecule has 0 saturated heterocycles. The van der Waals surface area contributed by atoms with Gasteiger partial charge in [-0.1, -0.05) is 12.1 Å². The molecule has 0 spiro atoms. The lowest BCUT2D eigenvalue weighted by Gasteiger charge is -2.20. The summed E-state index contributed by atoms with van der Waals surface area (Å²) in [6, 6.07) is 11.0. The van der Waals surface area contributed by atoms with Crippen molar-refractivity contribution >= 4 is 11.9 Å². The summed E-state index contributed by atoms with van der Waals surface area (Å²) in [7, 11) is 1.36. The van der Waals surface area contributed by atoms with Gasteiger partial charge in [0, 0.05) is 25.2 Å². The lowest BCUT2D eigenvalue weighted by atomic mass is 10.0. The SMILES string of the molecule is COC(=O)c1cc2c(nc1C)CCN(C(=O)Cc1ccc(C#N)cc1)CC2.